The van der Waals surface area contributed by atoms with Crippen molar-refractivity contribution in [3.63, 3.8) is 0 Å². The van der Waals surface area contributed by atoms with E-state index in [2.05, 4.69) is 16.8 Å². The van der Waals surface area contributed by atoms with Crippen molar-refractivity contribution >= 4 is 17.1 Å². The Morgan fingerprint density at radius 3 is 2.73 bits per heavy atom. The number of H-pyrrole nitrogens is 1. The molecule has 1 saturated heterocycles. The van der Waals surface area contributed by atoms with Gasteiger partial charge in [-0.3, -0.25) is 18.9 Å². The summed E-state index contributed by atoms with van der Waals surface area (Å²) in [7, 11) is 1.64. The summed E-state index contributed by atoms with van der Waals surface area (Å²) in [6.07, 6.45) is 2.31. The van der Waals surface area contributed by atoms with Gasteiger partial charge in [0.15, 0.2) is 11.2 Å². The van der Waals surface area contributed by atoms with Gasteiger partial charge < -0.3 is 4.90 Å². The minimum Gasteiger partial charge on any atom is -0.342 e. The smallest absolute Gasteiger partial charge is 0.329 e. The van der Waals surface area contributed by atoms with Crippen LogP contribution in [0.2, 0.25) is 0 Å². The molecule has 7 heteroatoms. The third-order valence-electron chi connectivity index (χ3n) is 5.11. The molecule has 0 unspecified atom stereocenters. The number of aromatic amines is 1. The summed E-state index contributed by atoms with van der Waals surface area (Å²) in [6.45, 7) is 4.59. The van der Waals surface area contributed by atoms with E-state index in [4.69, 9.17) is 4.98 Å². The van der Waals surface area contributed by atoms with Gasteiger partial charge >= 0.3 is 5.69 Å². The van der Waals surface area contributed by atoms with Crippen LogP contribution in [0.1, 0.15) is 25.3 Å². The Morgan fingerprint density at radius 2 is 2.00 bits per heavy atom. The van der Waals surface area contributed by atoms with Crippen LogP contribution in [-0.4, -0.2) is 32.2 Å². The molecule has 0 spiro atoms. The second-order valence-electron chi connectivity index (χ2n) is 7.17. The van der Waals surface area contributed by atoms with E-state index in [9.17, 15) is 9.59 Å². The number of anilines is 1. The minimum atomic E-state index is -0.439. The van der Waals surface area contributed by atoms with E-state index in [0.29, 0.717) is 23.6 Å². The fourth-order valence-electron chi connectivity index (χ4n) is 3.75. The number of hydrogen-bond acceptors (Lipinski definition) is 4. The standard InChI is InChI=1S/C19H23N5O2/c1-13-7-6-10-23(11-13)18-20-16-15(17(25)21-19(26)22(16)2)24(18)12-14-8-4-3-5-9-14/h3-5,8-9,13H,6-7,10-12H2,1-2H3,(H,21,25,26)/t13-/m1/s1. The topological polar surface area (TPSA) is 75.9 Å². The summed E-state index contributed by atoms with van der Waals surface area (Å²) in [4.78, 5) is 33.9. The second kappa shape index (κ2) is 6.48. The van der Waals surface area contributed by atoms with Gasteiger partial charge in [-0.15, -0.1) is 0 Å². The molecular formula is C19H23N5O2. The van der Waals surface area contributed by atoms with E-state index in [-0.39, 0.29) is 5.56 Å². The van der Waals surface area contributed by atoms with Gasteiger partial charge in [-0.1, -0.05) is 37.3 Å². The molecule has 1 aliphatic heterocycles. The molecule has 0 bridgehead atoms. The van der Waals surface area contributed by atoms with Crippen molar-refractivity contribution < 1.29 is 0 Å². The molecule has 1 atom stereocenters. The highest BCUT2D eigenvalue weighted by Gasteiger charge is 2.24. The first-order chi connectivity index (χ1) is 12.5. The number of aryl methyl sites for hydroxylation is 1. The Labute approximate surface area is 150 Å². The van der Waals surface area contributed by atoms with Gasteiger partial charge in [0.1, 0.15) is 0 Å². The highest BCUT2D eigenvalue weighted by atomic mass is 16.2. The van der Waals surface area contributed by atoms with Gasteiger partial charge in [0.25, 0.3) is 5.56 Å². The van der Waals surface area contributed by atoms with Crippen LogP contribution < -0.4 is 16.1 Å². The number of rotatable bonds is 3. The third kappa shape index (κ3) is 2.83. The highest BCUT2D eigenvalue weighted by Crippen LogP contribution is 2.25. The van der Waals surface area contributed by atoms with E-state index in [1.54, 1.807) is 7.05 Å². The van der Waals surface area contributed by atoms with E-state index in [0.717, 1.165) is 31.0 Å². The lowest BCUT2D eigenvalue weighted by Gasteiger charge is -2.32. The number of imidazole rings is 1. The van der Waals surface area contributed by atoms with E-state index in [1.807, 2.05) is 34.9 Å². The number of nitrogens with one attached hydrogen (secondary N) is 1. The molecule has 1 aliphatic rings. The molecule has 0 amide bonds. The van der Waals surface area contributed by atoms with Crippen molar-refractivity contribution in [2.75, 3.05) is 18.0 Å². The molecule has 1 aromatic carbocycles. The second-order valence-corrected chi connectivity index (χ2v) is 7.17. The van der Waals surface area contributed by atoms with Crippen molar-refractivity contribution in [3.05, 3.63) is 56.7 Å². The summed E-state index contributed by atoms with van der Waals surface area (Å²) >= 11 is 0. The lowest BCUT2D eigenvalue weighted by molar-refractivity contribution is 0.439. The average molecular weight is 353 g/mol. The molecule has 1 N–H and O–H groups in total. The normalized spacial score (nSPS) is 17.8. The Hall–Kier alpha value is -2.83. The number of nitrogens with zero attached hydrogens (tertiary/aromatic N) is 4. The van der Waals surface area contributed by atoms with Crippen LogP contribution in [0, 0.1) is 5.92 Å². The Bertz CT molecular complexity index is 1050. The van der Waals surface area contributed by atoms with Crippen molar-refractivity contribution in [3.8, 4) is 0 Å². The van der Waals surface area contributed by atoms with Crippen LogP contribution in [0.3, 0.4) is 0 Å². The highest BCUT2D eigenvalue weighted by molar-refractivity contribution is 5.74. The lowest BCUT2D eigenvalue weighted by Crippen LogP contribution is -2.36. The minimum absolute atomic E-state index is 0.386. The first-order valence-electron chi connectivity index (χ1n) is 9.03. The third-order valence-corrected chi connectivity index (χ3v) is 5.11. The van der Waals surface area contributed by atoms with Gasteiger partial charge in [0.2, 0.25) is 5.95 Å². The van der Waals surface area contributed by atoms with E-state index >= 15 is 0 Å². The van der Waals surface area contributed by atoms with Gasteiger partial charge in [-0.2, -0.15) is 4.98 Å². The zero-order valence-corrected chi connectivity index (χ0v) is 15.1. The Morgan fingerprint density at radius 1 is 1.23 bits per heavy atom. The largest absolute Gasteiger partial charge is 0.342 e. The van der Waals surface area contributed by atoms with Gasteiger partial charge in [0, 0.05) is 20.1 Å². The summed E-state index contributed by atoms with van der Waals surface area (Å²) in [5, 5.41) is 0. The summed E-state index contributed by atoms with van der Waals surface area (Å²) in [5.41, 5.74) is 1.15. The molecule has 1 fully saturated rings. The molecular weight excluding hydrogens is 330 g/mol. The first-order valence-corrected chi connectivity index (χ1v) is 9.03. The van der Waals surface area contributed by atoms with Gasteiger partial charge in [-0.05, 0) is 24.3 Å². The summed E-state index contributed by atoms with van der Waals surface area (Å²) in [5.74, 6) is 1.35. The van der Waals surface area contributed by atoms with Gasteiger partial charge in [0.05, 0.1) is 6.54 Å². The molecule has 3 heterocycles. The quantitative estimate of drug-likeness (QED) is 0.778. The molecule has 3 aromatic rings. The fraction of sp³-hybridized carbons (Fsp3) is 0.421. The van der Waals surface area contributed by atoms with Crippen LogP contribution in [0.25, 0.3) is 11.2 Å². The fourth-order valence-corrected chi connectivity index (χ4v) is 3.75. The number of benzene rings is 1. The molecule has 0 radical (unpaired) electrons. The molecule has 136 valence electrons. The number of piperidine rings is 1. The van der Waals surface area contributed by atoms with Crippen LogP contribution in [0.5, 0.6) is 0 Å². The van der Waals surface area contributed by atoms with Crippen LogP contribution in [0.15, 0.2) is 39.9 Å². The van der Waals surface area contributed by atoms with Crippen molar-refractivity contribution in [1.82, 2.24) is 19.1 Å². The Kier molecular flexibility index (Phi) is 4.14. The lowest BCUT2D eigenvalue weighted by atomic mass is 10.0. The van der Waals surface area contributed by atoms with Crippen molar-refractivity contribution in [2.24, 2.45) is 13.0 Å². The molecule has 26 heavy (non-hydrogen) atoms. The molecule has 0 aliphatic carbocycles. The number of hydrogen-bond donors (Lipinski definition) is 1. The van der Waals surface area contributed by atoms with Crippen LogP contribution in [-0.2, 0) is 13.6 Å². The maximum atomic E-state index is 12.6. The van der Waals surface area contributed by atoms with Crippen molar-refractivity contribution in [2.45, 2.75) is 26.3 Å². The maximum Gasteiger partial charge on any atom is 0.329 e. The average Bonchev–Trinajstić information content (AvgIpc) is 3.01. The molecule has 4 rings (SSSR count). The molecule has 2 aromatic heterocycles. The Balaban J connectivity index is 1.93. The monoisotopic (exact) mass is 353 g/mol. The maximum absolute atomic E-state index is 12.6. The predicted molar refractivity (Wildman–Crippen MR) is 102 cm³/mol. The van der Waals surface area contributed by atoms with Crippen LogP contribution in [0.4, 0.5) is 5.95 Å². The SMILES string of the molecule is C[C@@H]1CCCN(c2nc3c(c(=O)[nH]c(=O)n3C)n2Cc2ccccc2)C1. The number of aromatic nitrogens is 4. The number of fused-ring (bicyclic) bond motifs is 1. The summed E-state index contributed by atoms with van der Waals surface area (Å²) in [6, 6.07) is 10.0. The zero-order chi connectivity index (χ0) is 18.3. The summed E-state index contributed by atoms with van der Waals surface area (Å²) < 4.78 is 3.36. The van der Waals surface area contributed by atoms with Crippen LogP contribution >= 0.6 is 0 Å². The van der Waals surface area contributed by atoms with E-state index < -0.39 is 5.69 Å². The first kappa shape index (κ1) is 16.6. The van der Waals surface area contributed by atoms with Gasteiger partial charge in [-0.25, -0.2) is 4.79 Å². The van der Waals surface area contributed by atoms with Crippen molar-refractivity contribution in [1.29, 1.82) is 0 Å². The molecule has 0 saturated carbocycles. The predicted octanol–water partition coefficient (Wildman–Crippen LogP) is 1.71. The zero-order valence-electron chi connectivity index (χ0n) is 15.1. The molecule has 7 nitrogen and oxygen atoms in total. The van der Waals surface area contributed by atoms with E-state index in [1.165, 1.54) is 11.0 Å².